The lowest BCUT2D eigenvalue weighted by Crippen LogP contribution is -2.73. The summed E-state index contributed by atoms with van der Waals surface area (Å²) in [6.45, 7) is 5.89. The van der Waals surface area contributed by atoms with Crippen LogP contribution in [0.25, 0.3) is 0 Å². The quantitative estimate of drug-likeness (QED) is 0.0826. The van der Waals surface area contributed by atoms with Crippen LogP contribution in [-0.2, 0) is 60.8 Å². The van der Waals surface area contributed by atoms with Crippen molar-refractivity contribution in [1.29, 1.82) is 0 Å². The third kappa shape index (κ3) is 14.0. The number of aliphatic carboxylic acids is 1. The highest BCUT2D eigenvalue weighted by Gasteiger charge is 2.62. The van der Waals surface area contributed by atoms with Crippen LogP contribution in [0.1, 0.15) is 64.5 Å². The number of carbonyl (C=O) groups excluding carboxylic acids is 7. The van der Waals surface area contributed by atoms with Gasteiger partial charge < -0.3 is 41.7 Å². The molecule has 1 saturated heterocycles. The number of nitrogens with two attached hydrogens (primary N) is 1. The molecule has 1 unspecified atom stereocenters. The predicted molar refractivity (Wildman–Crippen MR) is 227 cm³/mol. The molecule has 0 saturated carbocycles. The predicted octanol–water partition coefficient (Wildman–Crippen LogP) is 1.48. The summed E-state index contributed by atoms with van der Waals surface area (Å²) in [4.78, 5) is 118. The highest BCUT2D eigenvalue weighted by atomic mass is 32.2. The fraction of sp³-hybridized carbons (Fsp3) is 0.524. The number of carboxylic acid groups (broad SMARTS) is 1. The van der Waals surface area contributed by atoms with E-state index in [2.05, 4.69) is 21.3 Å². The molecule has 340 valence electrons. The number of rotatable bonds is 25. The van der Waals surface area contributed by atoms with Crippen molar-refractivity contribution in [1.82, 2.24) is 31.4 Å². The van der Waals surface area contributed by atoms with E-state index in [-0.39, 0.29) is 49.7 Å². The van der Waals surface area contributed by atoms with Gasteiger partial charge in [0, 0.05) is 13.5 Å². The molecule has 0 bridgehead atoms. The van der Waals surface area contributed by atoms with E-state index >= 15 is 0 Å². The smallest absolute Gasteiger partial charge is 0.460 e. The van der Waals surface area contributed by atoms with Crippen LogP contribution in [-0.4, -0.2) is 131 Å². The standard InChI is InChI=1S/C42H59N7O12S/c1-7-42(33(59-5)24-35(51)52)40(57)48(61-41(58)49(42)60-8-2)39(56)30(19-20-62-6)46-38(55)31(21-26(3)4)45-34(50)25-44-37(54)32(23-28-17-13-10-14-18-28)47-36(53)29(43)22-27-15-11-9-12-16-27/h9-18,26,29-33H,7-8,19-25,43H2,1-6H3,(H,44,54)(H,45,50)(H,46,55)(H,47,53)(H,51,52)/t29-,30-,31-,32-,33?,42-/m0/s1. The minimum absolute atomic E-state index is 0.0495. The average Bonchev–Trinajstić information content (AvgIpc) is 3.24. The van der Waals surface area contributed by atoms with E-state index in [1.165, 1.54) is 25.6 Å². The summed E-state index contributed by atoms with van der Waals surface area (Å²) in [5, 5.41) is 20.8. The topological polar surface area (TPSA) is 265 Å². The van der Waals surface area contributed by atoms with Gasteiger partial charge >= 0.3 is 12.1 Å². The Balaban J connectivity index is 1.80. The van der Waals surface area contributed by atoms with E-state index in [4.69, 9.17) is 20.1 Å². The van der Waals surface area contributed by atoms with Crippen molar-refractivity contribution in [2.24, 2.45) is 11.7 Å². The first kappa shape index (κ1) is 50.8. The Kier molecular flexibility index (Phi) is 20.3. The number of nitrogens with zero attached hydrogens (tertiary/aromatic N) is 2. The van der Waals surface area contributed by atoms with Crippen LogP contribution in [0.5, 0.6) is 0 Å². The molecule has 1 aliphatic heterocycles. The molecule has 7 N–H and O–H groups in total. The van der Waals surface area contributed by atoms with Crippen LogP contribution < -0.4 is 27.0 Å². The lowest BCUT2D eigenvalue weighted by molar-refractivity contribution is -0.273. The average molecular weight is 886 g/mol. The molecular weight excluding hydrogens is 827 g/mol. The van der Waals surface area contributed by atoms with Gasteiger partial charge in [0.25, 0.3) is 11.8 Å². The molecule has 62 heavy (non-hydrogen) atoms. The molecule has 2 aromatic rings. The normalized spacial score (nSPS) is 17.5. The van der Waals surface area contributed by atoms with Crippen molar-refractivity contribution in [2.75, 3.05) is 32.3 Å². The molecule has 0 radical (unpaired) electrons. The molecule has 3 rings (SSSR count). The summed E-state index contributed by atoms with van der Waals surface area (Å²) in [7, 11) is 1.15. The Morgan fingerprint density at radius 3 is 1.98 bits per heavy atom. The van der Waals surface area contributed by atoms with E-state index in [0.717, 1.165) is 18.2 Å². The largest absolute Gasteiger partial charge is 0.481 e. The Bertz CT molecular complexity index is 1860. The van der Waals surface area contributed by atoms with Gasteiger partial charge in [0.05, 0.1) is 25.6 Å². The van der Waals surface area contributed by atoms with Crippen LogP contribution in [0.3, 0.4) is 0 Å². The summed E-state index contributed by atoms with van der Waals surface area (Å²) in [5.74, 6) is -6.33. The number of ether oxygens (including phenoxy) is 1. The van der Waals surface area contributed by atoms with Gasteiger partial charge in [0.1, 0.15) is 24.2 Å². The van der Waals surface area contributed by atoms with Gasteiger partial charge in [-0.15, -0.1) is 0 Å². The number of hydrogen-bond donors (Lipinski definition) is 6. The molecule has 1 aliphatic rings. The molecule has 0 spiro atoms. The van der Waals surface area contributed by atoms with Crippen molar-refractivity contribution in [3.05, 3.63) is 71.8 Å². The number of carbonyl (C=O) groups is 8. The monoisotopic (exact) mass is 885 g/mol. The fourth-order valence-corrected chi connectivity index (χ4v) is 7.34. The number of hydroxylamine groups is 4. The van der Waals surface area contributed by atoms with Gasteiger partial charge in [-0.2, -0.15) is 16.8 Å². The number of benzene rings is 2. The van der Waals surface area contributed by atoms with Crippen molar-refractivity contribution < 1.29 is 57.9 Å². The maximum atomic E-state index is 14.3. The van der Waals surface area contributed by atoms with E-state index in [0.29, 0.717) is 10.8 Å². The lowest BCUT2D eigenvalue weighted by Gasteiger charge is -2.48. The van der Waals surface area contributed by atoms with Crippen molar-refractivity contribution in [3.63, 3.8) is 0 Å². The van der Waals surface area contributed by atoms with Crippen molar-refractivity contribution in [2.45, 2.75) is 102 Å². The van der Waals surface area contributed by atoms with Gasteiger partial charge in [-0.3, -0.25) is 38.4 Å². The first-order valence-electron chi connectivity index (χ1n) is 20.3. The second kappa shape index (κ2) is 24.8. The maximum Gasteiger partial charge on any atom is 0.460 e. The van der Waals surface area contributed by atoms with E-state index in [9.17, 15) is 43.5 Å². The third-order valence-corrected chi connectivity index (χ3v) is 10.6. The molecule has 1 fully saturated rings. The first-order chi connectivity index (χ1) is 29.5. The second-order valence-corrected chi connectivity index (χ2v) is 15.9. The molecule has 2 aromatic carbocycles. The van der Waals surface area contributed by atoms with Gasteiger partial charge in [-0.1, -0.05) is 86.5 Å². The van der Waals surface area contributed by atoms with Crippen LogP contribution in [0, 0.1) is 5.92 Å². The molecule has 0 aliphatic carbocycles. The Hall–Kier alpha value is -5.57. The highest BCUT2D eigenvalue weighted by Crippen LogP contribution is 2.36. The zero-order chi connectivity index (χ0) is 46.0. The van der Waals surface area contributed by atoms with Crippen LogP contribution in [0.2, 0.25) is 0 Å². The molecule has 20 heteroatoms. The third-order valence-electron chi connectivity index (χ3n) is 9.99. The van der Waals surface area contributed by atoms with Gasteiger partial charge in [0.15, 0.2) is 5.54 Å². The SMILES string of the molecule is CCON1C(=O)ON(C(=O)[C@H](CCSC)NC(=O)[C@H](CC(C)C)NC(=O)CNC(=O)[C@H](Cc2ccccc2)NC(=O)[C@@H](N)Cc2ccccc2)C(=O)[C@]1(CC)C(CC(=O)O)OC. The molecule has 7 amide bonds. The van der Waals surface area contributed by atoms with Gasteiger partial charge in [0.2, 0.25) is 23.6 Å². The summed E-state index contributed by atoms with van der Waals surface area (Å²) < 4.78 is 5.40. The van der Waals surface area contributed by atoms with E-state index in [1.54, 1.807) is 50.4 Å². The zero-order valence-corrected chi connectivity index (χ0v) is 36.7. The number of amides is 7. The minimum Gasteiger partial charge on any atom is -0.481 e. The molecule has 19 nitrogen and oxygen atoms in total. The Labute approximate surface area is 365 Å². The fourth-order valence-electron chi connectivity index (χ4n) is 6.87. The van der Waals surface area contributed by atoms with Crippen LogP contribution >= 0.6 is 11.8 Å². The molecule has 1 heterocycles. The first-order valence-corrected chi connectivity index (χ1v) is 21.7. The Morgan fingerprint density at radius 1 is 0.855 bits per heavy atom. The van der Waals surface area contributed by atoms with Gasteiger partial charge in [-0.05, 0) is 61.7 Å². The number of carboxylic acids is 1. The number of thioether (sulfide) groups is 1. The Morgan fingerprint density at radius 2 is 1.45 bits per heavy atom. The maximum absolute atomic E-state index is 14.3. The highest BCUT2D eigenvalue weighted by molar-refractivity contribution is 7.98. The van der Waals surface area contributed by atoms with Crippen molar-refractivity contribution in [3.8, 4) is 0 Å². The second-order valence-electron chi connectivity index (χ2n) is 15.0. The van der Waals surface area contributed by atoms with Crippen LogP contribution in [0.15, 0.2) is 60.7 Å². The molecular formula is C42H59N7O12S. The van der Waals surface area contributed by atoms with Crippen molar-refractivity contribution >= 4 is 59.3 Å². The number of methoxy groups -OCH3 is 1. The summed E-state index contributed by atoms with van der Waals surface area (Å²) in [6.07, 6.45) is -1.68. The summed E-state index contributed by atoms with van der Waals surface area (Å²) in [5.41, 5.74) is 5.61. The zero-order valence-electron chi connectivity index (χ0n) is 35.9. The van der Waals surface area contributed by atoms with E-state index in [1.807, 2.05) is 30.3 Å². The summed E-state index contributed by atoms with van der Waals surface area (Å²) >= 11 is 1.32. The lowest BCUT2D eigenvalue weighted by atomic mass is 9.84. The number of imide groups is 1. The summed E-state index contributed by atoms with van der Waals surface area (Å²) in [6, 6.07) is 13.3. The number of nitrogens with one attached hydrogen (secondary N) is 4. The van der Waals surface area contributed by atoms with E-state index < -0.39 is 96.3 Å². The molecule has 6 atom stereocenters. The van der Waals surface area contributed by atoms with Gasteiger partial charge in [-0.25, -0.2) is 4.79 Å². The van der Waals surface area contributed by atoms with Crippen LogP contribution in [0.4, 0.5) is 4.79 Å². The minimum atomic E-state index is -2.15. The number of hydrogen-bond acceptors (Lipinski definition) is 13. The molecule has 0 aromatic heterocycles.